The summed E-state index contributed by atoms with van der Waals surface area (Å²) in [5, 5.41) is 0. The molecule has 0 radical (unpaired) electrons. The highest BCUT2D eigenvalue weighted by atomic mass is 79.9. The van der Waals surface area contributed by atoms with Crippen molar-refractivity contribution in [2.45, 2.75) is 25.6 Å². The van der Waals surface area contributed by atoms with Crippen LogP contribution in [-0.4, -0.2) is 23.9 Å². The summed E-state index contributed by atoms with van der Waals surface area (Å²) in [4.78, 5) is 13.7. The van der Waals surface area contributed by atoms with E-state index in [1.807, 2.05) is 26.8 Å². The van der Waals surface area contributed by atoms with Gasteiger partial charge in [0.05, 0.1) is 4.83 Å². The highest BCUT2D eigenvalue weighted by molar-refractivity contribution is 9.09. The van der Waals surface area contributed by atoms with E-state index in [1.165, 1.54) is 0 Å². The van der Waals surface area contributed by atoms with E-state index in [4.69, 9.17) is 4.42 Å². The minimum atomic E-state index is -0.0422. The topological polar surface area (TPSA) is 33.5 Å². The minimum Gasteiger partial charge on any atom is -0.455 e. The van der Waals surface area contributed by atoms with Crippen LogP contribution in [0.15, 0.2) is 16.5 Å². The van der Waals surface area contributed by atoms with E-state index in [-0.39, 0.29) is 10.7 Å². The Labute approximate surface area is 98.6 Å². The van der Waals surface area contributed by atoms with Gasteiger partial charge in [0.1, 0.15) is 5.76 Å². The molecular formula is C11H16BrNO2. The Hall–Kier alpha value is -0.770. The Kier molecular flexibility index (Phi) is 4.39. The van der Waals surface area contributed by atoms with E-state index < -0.39 is 0 Å². The van der Waals surface area contributed by atoms with Crippen molar-refractivity contribution in [3.63, 3.8) is 0 Å². The number of halogens is 1. The van der Waals surface area contributed by atoms with Gasteiger partial charge >= 0.3 is 0 Å². The third kappa shape index (κ3) is 2.84. The molecule has 0 aliphatic carbocycles. The first kappa shape index (κ1) is 12.3. The Morgan fingerprint density at radius 1 is 1.47 bits per heavy atom. The van der Waals surface area contributed by atoms with Crippen molar-refractivity contribution < 1.29 is 9.21 Å². The second kappa shape index (κ2) is 5.35. The molecule has 3 nitrogen and oxygen atoms in total. The van der Waals surface area contributed by atoms with Crippen LogP contribution < -0.4 is 0 Å². The molecule has 0 spiro atoms. The molecule has 4 heteroatoms. The lowest BCUT2D eigenvalue weighted by Crippen LogP contribution is -2.30. The molecule has 1 rings (SSSR count). The molecule has 0 saturated carbocycles. The number of rotatable bonds is 4. The summed E-state index contributed by atoms with van der Waals surface area (Å²) >= 11 is 3.40. The predicted molar refractivity (Wildman–Crippen MR) is 63.3 cm³/mol. The van der Waals surface area contributed by atoms with Crippen molar-refractivity contribution in [3.05, 3.63) is 23.7 Å². The molecular weight excluding hydrogens is 258 g/mol. The Morgan fingerprint density at radius 3 is 2.47 bits per heavy atom. The molecule has 1 aromatic heterocycles. The second-order valence-corrected chi connectivity index (χ2v) is 4.67. The van der Waals surface area contributed by atoms with Crippen LogP contribution in [0.5, 0.6) is 0 Å². The first-order valence-corrected chi connectivity index (χ1v) is 6.04. The van der Waals surface area contributed by atoms with Gasteiger partial charge in [0.25, 0.3) is 5.91 Å². The van der Waals surface area contributed by atoms with Gasteiger partial charge in [-0.2, -0.15) is 0 Å². The molecule has 0 N–H and O–H groups in total. The number of amides is 1. The SMILES string of the molecule is CCN(CC)C(=O)c1ccc(C(C)Br)o1. The number of furan rings is 1. The maximum atomic E-state index is 11.9. The number of carbonyl (C=O) groups is 1. The first-order valence-electron chi connectivity index (χ1n) is 5.13. The zero-order chi connectivity index (χ0) is 11.4. The lowest BCUT2D eigenvalue weighted by atomic mass is 10.3. The van der Waals surface area contributed by atoms with Gasteiger partial charge in [0.15, 0.2) is 5.76 Å². The summed E-state index contributed by atoms with van der Waals surface area (Å²) in [6, 6.07) is 3.56. The monoisotopic (exact) mass is 273 g/mol. The van der Waals surface area contributed by atoms with Gasteiger partial charge in [-0.05, 0) is 32.9 Å². The fraction of sp³-hybridized carbons (Fsp3) is 0.545. The zero-order valence-electron chi connectivity index (χ0n) is 9.29. The predicted octanol–water partition coefficient (Wildman–Crippen LogP) is 3.22. The van der Waals surface area contributed by atoms with Gasteiger partial charge in [0, 0.05) is 13.1 Å². The van der Waals surface area contributed by atoms with Crippen LogP contribution in [0.3, 0.4) is 0 Å². The summed E-state index contributed by atoms with van der Waals surface area (Å²) < 4.78 is 5.45. The lowest BCUT2D eigenvalue weighted by Gasteiger charge is -2.16. The molecule has 1 unspecified atom stereocenters. The number of alkyl halides is 1. The van der Waals surface area contributed by atoms with Crippen molar-refractivity contribution >= 4 is 21.8 Å². The largest absolute Gasteiger partial charge is 0.455 e. The smallest absolute Gasteiger partial charge is 0.289 e. The third-order valence-corrected chi connectivity index (χ3v) is 2.73. The molecule has 1 aromatic rings. The lowest BCUT2D eigenvalue weighted by molar-refractivity contribution is 0.0739. The van der Waals surface area contributed by atoms with E-state index in [9.17, 15) is 4.79 Å². The highest BCUT2D eigenvalue weighted by Gasteiger charge is 2.17. The summed E-state index contributed by atoms with van der Waals surface area (Å²) in [5.74, 6) is 1.16. The first-order chi connectivity index (χ1) is 7.10. The average Bonchev–Trinajstić information content (AvgIpc) is 2.68. The van der Waals surface area contributed by atoms with Crippen LogP contribution >= 0.6 is 15.9 Å². The average molecular weight is 274 g/mol. The van der Waals surface area contributed by atoms with Crippen molar-refractivity contribution in [1.82, 2.24) is 4.90 Å². The van der Waals surface area contributed by atoms with Crippen molar-refractivity contribution in [2.24, 2.45) is 0 Å². The molecule has 0 aliphatic heterocycles. The van der Waals surface area contributed by atoms with Crippen LogP contribution in [0, 0.1) is 0 Å². The Bertz CT molecular complexity index is 329. The maximum Gasteiger partial charge on any atom is 0.289 e. The number of carbonyl (C=O) groups excluding carboxylic acids is 1. The molecule has 15 heavy (non-hydrogen) atoms. The van der Waals surface area contributed by atoms with E-state index in [1.54, 1.807) is 11.0 Å². The molecule has 0 saturated heterocycles. The van der Waals surface area contributed by atoms with Crippen LogP contribution in [-0.2, 0) is 0 Å². The zero-order valence-corrected chi connectivity index (χ0v) is 10.9. The molecule has 0 aliphatic rings. The summed E-state index contributed by atoms with van der Waals surface area (Å²) in [5.41, 5.74) is 0. The van der Waals surface area contributed by atoms with Crippen LogP contribution in [0.2, 0.25) is 0 Å². The maximum absolute atomic E-state index is 11.9. The fourth-order valence-electron chi connectivity index (χ4n) is 1.35. The van der Waals surface area contributed by atoms with Crippen molar-refractivity contribution in [1.29, 1.82) is 0 Å². The van der Waals surface area contributed by atoms with Crippen LogP contribution in [0.4, 0.5) is 0 Å². The molecule has 0 fully saturated rings. The Balaban J connectivity index is 2.82. The summed E-state index contributed by atoms with van der Waals surface area (Å²) in [7, 11) is 0. The summed E-state index contributed by atoms with van der Waals surface area (Å²) in [6.07, 6.45) is 0. The molecule has 84 valence electrons. The fourth-order valence-corrected chi connectivity index (χ4v) is 1.59. The Morgan fingerprint density at radius 2 is 2.07 bits per heavy atom. The molecule has 1 amide bonds. The highest BCUT2D eigenvalue weighted by Crippen LogP contribution is 2.24. The summed E-state index contributed by atoms with van der Waals surface area (Å²) in [6.45, 7) is 7.28. The van der Waals surface area contributed by atoms with Gasteiger partial charge in [-0.25, -0.2) is 0 Å². The quantitative estimate of drug-likeness (QED) is 0.790. The van der Waals surface area contributed by atoms with Gasteiger partial charge in [-0.15, -0.1) is 0 Å². The minimum absolute atomic E-state index is 0.0422. The van der Waals surface area contributed by atoms with Crippen LogP contribution in [0.25, 0.3) is 0 Å². The van der Waals surface area contributed by atoms with E-state index in [0.29, 0.717) is 18.8 Å². The van der Waals surface area contributed by atoms with Gasteiger partial charge < -0.3 is 9.32 Å². The molecule has 1 heterocycles. The second-order valence-electron chi connectivity index (χ2n) is 3.30. The molecule has 0 bridgehead atoms. The van der Waals surface area contributed by atoms with E-state index >= 15 is 0 Å². The van der Waals surface area contributed by atoms with E-state index in [0.717, 1.165) is 5.76 Å². The van der Waals surface area contributed by atoms with Crippen molar-refractivity contribution in [2.75, 3.05) is 13.1 Å². The third-order valence-electron chi connectivity index (χ3n) is 2.28. The number of hydrogen-bond acceptors (Lipinski definition) is 2. The number of hydrogen-bond donors (Lipinski definition) is 0. The standard InChI is InChI=1S/C11H16BrNO2/c1-4-13(5-2)11(14)10-7-6-9(15-10)8(3)12/h6-8H,4-5H2,1-3H3. The number of nitrogens with zero attached hydrogens (tertiary/aromatic N) is 1. The van der Waals surface area contributed by atoms with Gasteiger partial charge in [-0.1, -0.05) is 15.9 Å². The van der Waals surface area contributed by atoms with E-state index in [2.05, 4.69) is 15.9 Å². The van der Waals surface area contributed by atoms with Crippen LogP contribution in [0.1, 0.15) is 41.9 Å². The van der Waals surface area contributed by atoms with Crippen molar-refractivity contribution in [3.8, 4) is 0 Å². The molecule has 1 atom stereocenters. The van der Waals surface area contributed by atoms with Gasteiger partial charge in [-0.3, -0.25) is 4.79 Å². The molecule has 0 aromatic carbocycles. The van der Waals surface area contributed by atoms with Gasteiger partial charge in [0.2, 0.25) is 0 Å². The normalized spacial score (nSPS) is 12.5.